The molecule has 2 aromatic carbocycles. The molecular weight excluding hydrogens is 434 g/mol. The second-order valence-electron chi connectivity index (χ2n) is 8.75. The first-order chi connectivity index (χ1) is 16.4. The van der Waals surface area contributed by atoms with Crippen molar-refractivity contribution in [1.82, 2.24) is 10.3 Å². The summed E-state index contributed by atoms with van der Waals surface area (Å²) in [6.07, 6.45) is 3.45. The largest absolute Gasteiger partial charge is 0.496 e. The molecule has 1 fully saturated rings. The lowest BCUT2D eigenvalue weighted by molar-refractivity contribution is -0.384. The maximum Gasteiger partial charge on any atom is 0.273 e. The van der Waals surface area contributed by atoms with Crippen molar-refractivity contribution in [3.8, 4) is 5.75 Å². The minimum absolute atomic E-state index is 0.0346. The van der Waals surface area contributed by atoms with E-state index in [9.17, 15) is 14.9 Å². The van der Waals surface area contributed by atoms with Crippen LogP contribution in [0.15, 0.2) is 48.5 Å². The fourth-order valence-electron chi connectivity index (χ4n) is 4.44. The zero-order valence-corrected chi connectivity index (χ0v) is 19.6. The quantitative estimate of drug-likeness (QED) is 0.395. The van der Waals surface area contributed by atoms with Crippen LogP contribution in [-0.4, -0.2) is 49.1 Å². The highest BCUT2D eigenvalue weighted by atomic mass is 16.6. The predicted octanol–water partition coefficient (Wildman–Crippen LogP) is 4.37. The van der Waals surface area contributed by atoms with Crippen molar-refractivity contribution >= 4 is 34.0 Å². The van der Waals surface area contributed by atoms with Gasteiger partial charge in [0.15, 0.2) is 0 Å². The molecule has 0 atom stereocenters. The summed E-state index contributed by atoms with van der Waals surface area (Å²) in [5.74, 6) is 0.765. The van der Waals surface area contributed by atoms with Crippen molar-refractivity contribution in [3.05, 3.63) is 64.2 Å². The first-order valence-electron chi connectivity index (χ1n) is 11.3. The molecule has 0 saturated heterocycles. The molecule has 34 heavy (non-hydrogen) atoms. The van der Waals surface area contributed by atoms with Crippen molar-refractivity contribution in [2.75, 3.05) is 31.4 Å². The number of carbonyl (C=O) groups is 1. The molecule has 0 aliphatic heterocycles. The highest BCUT2D eigenvalue weighted by molar-refractivity contribution is 5.97. The maximum atomic E-state index is 12.8. The zero-order valence-electron chi connectivity index (χ0n) is 19.6. The minimum Gasteiger partial charge on any atom is -0.496 e. The van der Waals surface area contributed by atoms with E-state index >= 15 is 0 Å². The second-order valence-corrected chi connectivity index (χ2v) is 8.75. The SMILES string of the molecule is COc1cc([N+](=O)[O-])ccc1C(=O)NC1CCC(Nc2cc(N(C)C)c3ccccc3n2)CC1. The monoisotopic (exact) mass is 463 g/mol. The average Bonchev–Trinajstić information content (AvgIpc) is 2.84. The molecule has 0 radical (unpaired) electrons. The summed E-state index contributed by atoms with van der Waals surface area (Å²) in [5, 5.41) is 18.7. The van der Waals surface area contributed by atoms with Crippen LogP contribution in [0.3, 0.4) is 0 Å². The maximum absolute atomic E-state index is 12.8. The number of rotatable bonds is 7. The van der Waals surface area contributed by atoms with Crippen molar-refractivity contribution in [2.24, 2.45) is 0 Å². The average molecular weight is 464 g/mol. The number of nitrogens with zero attached hydrogens (tertiary/aromatic N) is 3. The van der Waals surface area contributed by atoms with Crippen LogP contribution in [0.2, 0.25) is 0 Å². The van der Waals surface area contributed by atoms with Gasteiger partial charge in [0.1, 0.15) is 11.6 Å². The van der Waals surface area contributed by atoms with Gasteiger partial charge in [0.25, 0.3) is 11.6 Å². The van der Waals surface area contributed by atoms with Crippen LogP contribution < -0.4 is 20.3 Å². The number of hydrogen-bond donors (Lipinski definition) is 2. The summed E-state index contributed by atoms with van der Waals surface area (Å²) in [5.41, 5.74) is 2.25. The number of nitrogens with one attached hydrogen (secondary N) is 2. The van der Waals surface area contributed by atoms with Crippen LogP contribution in [0.4, 0.5) is 17.2 Å². The lowest BCUT2D eigenvalue weighted by Crippen LogP contribution is -2.40. The fraction of sp³-hybridized carbons (Fsp3) is 0.360. The molecule has 1 aromatic heterocycles. The van der Waals surface area contributed by atoms with Gasteiger partial charge in [-0.15, -0.1) is 0 Å². The van der Waals surface area contributed by atoms with Gasteiger partial charge in [-0.1, -0.05) is 18.2 Å². The minimum atomic E-state index is -0.510. The number of non-ortho nitro benzene ring substituents is 1. The molecule has 0 spiro atoms. The third-order valence-corrected chi connectivity index (χ3v) is 6.23. The Morgan fingerprint density at radius 1 is 1.09 bits per heavy atom. The Hall–Kier alpha value is -3.88. The van der Waals surface area contributed by atoms with Crippen molar-refractivity contribution in [3.63, 3.8) is 0 Å². The molecule has 1 saturated carbocycles. The van der Waals surface area contributed by atoms with E-state index in [0.717, 1.165) is 48.1 Å². The molecule has 1 aliphatic carbocycles. The Bertz CT molecular complexity index is 1210. The Balaban J connectivity index is 1.38. The number of fused-ring (bicyclic) bond motifs is 1. The highest BCUT2D eigenvalue weighted by Crippen LogP contribution is 2.30. The van der Waals surface area contributed by atoms with E-state index < -0.39 is 4.92 Å². The summed E-state index contributed by atoms with van der Waals surface area (Å²) in [6.45, 7) is 0. The van der Waals surface area contributed by atoms with Crippen LogP contribution in [0.25, 0.3) is 10.9 Å². The van der Waals surface area contributed by atoms with Crippen molar-refractivity contribution in [2.45, 2.75) is 37.8 Å². The van der Waals surface area contributed by atoms with Gasteiger partial charge < -0.3 is 20.3 Å². The molecule has 9 heteroatoms. The van der Waals surface area contributed by atoms with Crippen LogP contribution in [-0.2, 0) is 0 Å². The van der Waals surface area contributed by atoms with Crippen molar-refractivity contribution < 1.29 is 14.5 Å². The van der Waals surface area contributed by atoms with Gasteiger partial charge in [0.05, 0.1) is 29.2 Å². The number of carbonyl (C=O) groups excluding carboxylic acids is 1. The number of amides is 1. The van der Waals surface area contributed by atoms with E-state index in [4.69, 9.17) is 9.72 Å². The third-order valence-electron chi connectivity index (χ3n) is 6.23. The number of anilines is 2. The number of benzene rings is 2. The molecule has 4 rings (SSSR count). The number of nitro benzene ring substituents is 1. The van der Waals surface area contributed by atoms with E-state index in [1.165, 1.54) is 25.3 Å². The first kappa shape index (κ1) is 23.3. The molecule has 1 aliphatic rings. The molecule has 2 N–H and O–H groups in total. The Morgan fingerprint density at radius 2 is 1.79 bits per heavy atom. The zero-order chi connectivity index (χ0) is 24.2. The second kappa shape index (κ2) is 9.94. The van der Waals surface area contributed by atoms with Gasteiger partial charge in [-0.3, -0.25) is 14.9 Å². The summed E-state index contributed by atoms with van der Waals surface area (Å²) >= 11 is 0. The Labute approximate surface area is 198 Å². The van der Waals surface area contributed by atoms with Crippen LogP contribution >= 0.6 is 0 Å². The number of ether oxygens (including phenoxy) is 1. The molecule has 3 aromatic rings. The number of pyridine rings is 1. The summed E-state index contributed by atoms with van der Waals surface area (Å²) in [4.78, 5) is 30.1. The molecule has 1 heterocycles. The molecule has 1 amide bonds. The van der Waals surface area contributed by atoms with Gasteiger partial charge in [-0.05, 0) is 37.8 Å². The topological polar surface area (TPSA) is 110 Å². The van der Waals surface area contributed by atoms with Gasteiger partial charge in [0.2, 0.25) is 0 Å². The van der Waals surface area contributed by atoms with E-state index in [1.54, 1.807) is 0 Å². The number of nitro groups is 1. The van der Waals surface area contributed by atoms with Crippen LogP contribution in [0.1, 0.15) is 36.0 Å². The number of aromatic nitrogens is 1. The number of methoxy groups -OCH3 is 1. The Morgan fingerprint density at radius 3 is 2.47 bits per heavy atom. The van der Waals surface area contributed by atoms with E-state index in [0.29, 0.717) is 5.56 Å². The van der Waals surface area contributed by atoms with Crippen LogP contribution in [0.5, 0.6) is 5.75 Å². The molecule has 178 valence electrons. The molecule has 9 nitrogen and oxygen atoms in total. The van der Waals surface area contributed by atoms with Gasteiger partial charge in [-0.2, -0.15) is 0 Å². The van der Waals surface area contributed by atoms with Gasteiger partial charge in [0, 0.05) is 49.4 Å². The number of hydrogen-bond acceptors (Lipinski definition) is 7. The fourth-order valence-corrected chi connectivity index (χ4v) is 4.44. The van der Waals surface area contributed by atoms with E-state index in [1.807, 2.05) is 32.3 Å². The molecule has 0 bridgehead atoms. The lowest BCUT2D eigenvalue weighted by atomic mass is 9.91. The summed E-state index contributed by atoms with van der Waals surface area (Å²) in [7, 11) is 5.45. The van der Waals surface area contributed by atoms with Crippen LogP contribution in [0, 0.1) is 10.1 Å². The summed E-state index contributed by atoms with van der Waals surface area (Å²) < 4.78 is 5.20. The third kappa shape index (κ3) is 5.03. The number of para-hydroxylation sites is 1. The first-order valence-corrected chi connectivity index (χ1v) is 11.3. The van der Waals surface area contributed by atoms with E-state index in [2.05, 4.69) is 27.7 Å². The van der Waals surface area contributed by atoms with Gasteiger partial charge >= 0.3 is 0 Å². The molecule has 0 unspecified atom stereocenters. The lowest BCUT2D eigenvalue weighted by Gasteiger charge is -2.30. The Kier molecular flexibility index (Phi) is 6.81. The van der Waals surface area contributed by atoms with Crippen molar-refractivity contribution in [1.29, 1.82) is 0 Å². The normalized spacial score (nSPS) is 17.7. The summed E-state index contributed by atoms with van der Waals surface area (Å²) in [6, 6.07) is 14.5. The van der Waals surface area contributed by atoms with E-state index in [-0.39, 0.29) is 29.4 Å². The standard InChI is InChI=1S/C25H29N5O4/c1-29(2)22-15-24(28-21-7-5-4-6-19(21)22)26-16-8-10-17(11-9-16)27-25(31)20-13-12-18(30(32)33)14-23(20)34-3/h4-7,12-17H,8-11H2,1-3H3,(H,26,28)(H,27,31). The molecular formula is C25H29N5O4. The van der Waals surface area contributed by atoms with Gasteiger partial charge in [-0.25, -0.2) is 4.98 Å². The smallest absolute Gasteiger partial charge is 0.273 e. The highest BCUT2D eigenvalue weighted by Gasteiger charge is 2.25. The predicted molar refractivity (Wildman–Crippen MR) is 133 cm³/mol.